The van der Waals surface area contributed by atoms with Gasteiger partial charge in [0.1, 0.15) is 0 Å². The number of carbonyl (C=O) groups is 1. The van der Waals surface area contributed by atoms with E-state index >= 15 is 0 Å². The Morgan fingerprint density at radius 3 is 2.73 bits per heavy atom. The van der Waals surface area contributed by atoms with Gasteiger partial charge < -0.3 is 5.32 Å². The molecule has 0 saturated carbocycles. The molecule has 1 spiro atoms. The minimum absolute atomic E-state index is 0.135. The molecule has 3 heterocycles. The van der Waals surface area contributed by atoms with Gasteiger partial charge in [-0.2, -0.15) is 5.26 Å². The molecule has 0 radical (unpaired) electrons. The van der Waals surface area contributed by atoms with E-state index in [1.807, 2.05) is 42.7 Å². The van der Waals surface area contributed by atoms with Crippen molar-refractivity contribution in [3.63, 3.8) is 0 Å². The Kier molecular flexibility index (Phi) is 4.44. The van der Waals surface area contributed by atoms with Crippen molar-refractivity contribution in [3.8, 4) is 6.07 Å². The van der Waals surface area contributed by atoms with Crippen molar-refractivity contribution >= 4 is 5.91 Å². The number of nitrogens with zero attached hydrogens (tertiary/aromatic N) is 3. The molecule has 2 saturated heterocycles. The molecule has 0 bridgehead atoms. The highest BCUT2D eigenvalue weighted by Crippen LogP contribution is 2.43. The molecule has 1 amide bonds. The molecule has 2 aliphatic heterocycles. The van der Waals surface area contributed by atoms with Crippen LogP contribution >= 0.6 is 0 Å². The van der Waals surface area contributed by atoms with Gasteiger partial charge in [0.05, 0.1) is 11.6 Å². The summed E-state index contributed by atoms with van der Waals surface area (Å²) in [6.07, 6.45) is 6.08. The maximum Gasteiger partial charge on any atom is 0.221 e. The van der Waals surface area contributed by atoms with Crippen molar-refractivity contribution in [2.24, 2.45) is 0 Å². The van der Waals surface area contributed by atoms with E-state index in [2.05, 4.69) is 27.3 Å². The van der Waals surface area contributed by atoms with Gasteiger partial charge in [-0.1, -0.05) is 12.1 Å². The molecule has 4 rings (SSSR count). The van der Waals surface area contributed by atoms with Crippen LogP contribution in [-0.2, 0) is 11.3 Å². The van der Waals surface area contributed by atoms with E-state index in [1.54, 1.807) is 0 Å². The molecule has 1 aromatic carbocycles. The summed E-state index contributed by atoms with van der Waals surface area (Å²) in [5.74, 6) is 0.379. The Hall–Kier alpha value is -2.71. The molecule has 2 aliphatic rings. The summed E-state index contributed by atoms with van der Waals surface area (Å²) >= 11 is 0. The normalized spacial score (nSPS) is 22.1. The molecule has 1 N–H and O–H groups in total. The Balaban J connectivity index is 1.46. The summed E-state index contributed by atoms with van der Waals surface area (Å²) in [6.45, 7) is 2.73. The topological polar surface area (TPSA) is 69.0 Å². The first kappa shape index (κ1) is 16.7. The van der Waals surface area contributed by atoms with E-state index in [-0.39, 0.29) is 17.4 Å². The molecule has 0 unspecified atom stereocenters. The zero-order chi connectivity index (χ0) is 18.0. The van der Waals surface area contributed by atoms with Crippen LogP contribution in [0.1, 0.15) is 41.9 Å². The standard InChI is InChI=1S/C21H22N4O/c22-14-16-2-1-3-17(12-16)15-25-10-6-21(7-11-25)19(13-20(26)24-21)18-4-8-23-9-5-18/h1-5,8-9,12,19H,6-7,10-11,13,15H2,(H,24,26)/t19-/m1/s1. The highest BCUT2D eigenvalue weighted by Gasteiger charge is 2.48. The Labute approximate surface area is 153 Å². The Morgan fingerprint density at radius 2 is 2.00 bits per heavy atom. The number of hydrogen-bond acceptors (Lipinski definition) is 4. The van der Waals surface area contributed by atoms with Gasteiger partial charge in [-0.15, -0.1) is 0 Å². The number of pyridine rings is 1. The Bertz CT molecular complexity index is 835. The number of amides is 1. The van der Waals surface area contributed by atoms with Crippen LogP contribution in [0.15, 0.2) is 48.8 Å². The van der Waals surface area contributed by atoms with E-state index in [0.717, 1.165) is 32.5 Å². The lowest BCUT2D eigenvalue weighted by Crippen LogP contribution is -2.53. The van der Waals surface area contributed by atoms with Gasteiger partial charge in [0.2, 0.25) is 5.91 Å². The molecule has 1 aromatic heterocycles. The molecule has 5 nitrogen and oxygen atoms in total. The minimum Gasteiger partial charge on any atom is -0.350 e. The third-order valence-electron chi connectivity index (χ3n) is 5.76. The highest BCUT2D eigenvalue weighted by atomic mass is 16.2. The summed E-state index contributed by atoms with van der Waals surface area (Å²) < 4.78 is 0. The number of aromatic nitrogens is 1. The molecular weight excluding hydrogens is 324 g/mol. The van der Waals surface area contributed by atoms with E-state index in [0.29, 0.717) is 12.0 Å². The SMILES string of the molecule is N#Cc1cccc(CN2CCC3(CC2)NC(=O)C[C@@H]3c2ccncc2)c1. The molecule has 5 heteroatoms. The predicted octanol–water partition coefficient (Wildman–Crippen LogP) is 2.59. The van der Waals surface area contributed by atoms with E-state index < -0.39 is 0 Å². The maximum absolute atomic E-state index is 12.2. The Morgan fingerprint density at radius 1 is 1.23 bits per heavy atom. The second kappa shape index (κ2) is 6.89. The first-order chi connectivity index (χ1) is 12.7. The fourth-order valence-electron chi connectivity index (χ4n) is 4.41. The first-order valence-corrected chi connectivity index (χ1v) is 9.11. The van der Waals surface area contributed by atoms with E-state index in [4.69, 9.17) is 5.26 Å². The molecule has 2 fully saturated rings. The molecule has 1 atom stereocenters. The summed E-state index contributed by atoms with van der Waals surface area (Å²) in [6, 6.07) is 14.1. The molecule has 132 valence electrons. The van der Waals surface area contributed by atoms with Crippen molar-refractivity contribution in [3.05, 3.63) is 65.5 Å². The van der Waals surface area contributed by atoms with Crippen LogP contribution in [0, 0.1) is 11.3 Å². The minimum atomic E-state index is -0.135. The van der Waals surface area contributed by atoms with Crippen LogP contribution in [0.3, 0.4) is 0 Å². The highest BCUT2D eigenvalue weighted by molar-refractivity contribution is 5.81. The van der Waals surface area contributed by atoms with Crippen LogP contribution in [-0.4, -0.2) is 34.4 Å². The monoisotopic (exact) mass is 346 g/mol. The summed E-state index contributed by atoms with van der Waals surface area (Å²) in [5, 5.41) is 12.4. The van der Waals surface area contributed by atoms with Crippen molar-refractivity contribution in [2.45, 2.75) is 37.3 Å². The summed E-state index contributed by atoms with van der Waals surface area (Å²) in [7, 11) is 0. The molecule has 26 heavy (non-hydrogen) atoms. The number of rotatable bonds is 3. The average molecular weight is 346 g/mol. The summed E-state index contributed by atoms with van der Waals surface area (Å²) in [5.41, 5.74) is 2.94. The zero-order valence-corrected chi connectivity index (χ0v) is 14.7. The lowest BCUT2D eigenvalue weighted by atomic mass is 9.74. The van der Waals surface area contributed by atoms with Gasteiger partial charge in [-0.3, -0.25) is 14.7 Å². The number of hydrogen-bond donors (Lipinski definition) is 1. The molecular formula is C21H22N4O. The van der Waals surface area contributed by atoms with Gasteiger partial charge in [-0.05, 0) is 48.2 Å². The number of nitriles is 1. The fourth-order valence-corrected chi connectivity index (χ4v) is 4.41. The third-order valence-corrected chi connectivity index (χ3v) is 5.76. The smallest absolute Gasteiger partial charge is 0.221 e. The largest absolute Gasteiger partial charge is 0.350 e. The van der Waals surface area contributed by atoms with Crippen LogP contribution in [0.5, 0.6) is 0 Å². The number of nitrogens with one attached hydrogen (secondary N) is 1. The fraction of sp³-hybridized carbons (Fsp3) is 0.381. The number of carbonyl (C=O) groups excluding carboxylic acids is 1. The van der Waals surface area contributed by atoms with Gasteiger partial charge in [0.25, 0.3) is 0 Å². The van der Waals surface area contributed by atoms with E-state index in [1.165, 1.54) is 11.1 Å². The van der Waals surface area contributed by atoms with Gasteiger partial charge in [0, 0.05) is 49.9 Å². The van der Waals surface area contributed by atoms with Crippen molar-refractivity contribution in [1.29, 1.82) is 5.26 Å². The van der Waals surface area contributed by atoms with Crippen molar-refractivity contribution in [1.82, 2.24) is 15.2 Å². The summed E-state index contributed by atoms with van der Waals surface area (Å²) in [4.78, 5) is 18.7. The van der Waals surface area contributed by atoms with Crippen molar-refractivity contribution in [2.75, 3.05) is 13.1 Å². The second-order valence-electron chi connectivity index (χ2n) is 7.33. The zero-order valence-electron chi connectivity index (χ0n) is 14.7. The predicted molar refractivity (Wildman–Crippen MR) is 98.1 cm³/mol. The van der Waals surface area contributed by atoms with Crippen molar-refractivity contribution < 1.29 is 4.79 Å². The average Bonchev–Trinajstić information content (AvgIpc) is 3.00. The van der Waals surface area contributed by atoms with Crippen LogP contribution in [0.25, 0.3) is 0 Å². The molecule has 0 aliphatic carbocycles. The molecule has 2 aromatic rings. The van der Waals surface area contributed by atoms with Crippen LogP contribution in [0.4, 0.5) is 0 Å². The number of likely N-dealkylation sites (tertiary alicyclic amines) is 1. The third kappa shape index (κ3) is 3.21. The van der Waals surface area contributed by atoms with Gasteiger partial charge >= 0.3 is 0 Å². The number of piperidine rings is 1. The van der Waals surface area contributed by atoms with Gasteiger partial charge in [0.15, 0.2) is 0 Å². The maximum atomic E-state index is 12.2. The van der Waals surface area contributed by atoms with Crippen LogP contribution < -0.4 is 5.32 Å². The van der Waals surface area contributed by atoms with Gasteiger partial charge in [-0.25, -0.2) is 0 Å². The van der Waals surface area contributed by atoms with E-state index in [9.17, 15) is 4.79 Å². The lowest BCUT2D eigenvalue weighted by molar-refractivity contribution is -0.120. The number of benzene rings is 1. The van der Waals surface area contributed by atoms with Crippen LogP contribution in [0.2, 0.25) is 0 Å². The first-order valence-electron chi connectivity index (χ1n) is 9.11. The lowest BCUT2D eigenvalue weighted by Gasteiger charge is -2.43. The second-order valence-corrected chi connectivity index (χ2v) is 7.33. The quantitative estimate of drug-likeness (QED) is 0.927.